The highest BCUT2D eigenvalue weighted by molar-refractivity contribution is 7.90. The average Bonchev–Trinajstić information content (AvgIpc) is 3.04. The predicted molar refractivity (Wildman–Crippen MR) is 64.9 cm³/mol. The molecule has 0 amide bonds. The highest BCUT2D eigenvalue weighted by Crippen LogP contribution is 2.39. The van der Waals surface area contributed by atoms with Crippen LogP contribution in [0, 0.1) is 5.92 Å². The number of sulfonamides is 1. The third-order valence-corrected chi connectivity index (χ3v) is 5.26. The Morgan fingerprint density at radius 1 is 1.38 bits per heavy atom. The van der Waals surface area contributed by atoms with E-state index in [1.54, 1.807) is 0 Å². The molecule has 122 valence electrons. The van der Waals surface area contributed by atoms with Crippen molar-refractivity contribution in [2.75, 3.05) is 19.6 Å². The maximum absolute atomic E-state index is 11.9. The minimum Gasteiger partial charge on any atom is -0.361 e. The number of hydrogen-bond acceptors (Lipinski definition) is 6. The van der Waals surface area contributed by atoms with Gasteiger partial charge in [0.05, 0.1) is 0 Å². The third kappa shape index (κ3) is 3.84. The van der Waals surface area contributed by atoms with E-state index in [-0.39, 0.29) is 19.0 Å². The Kier molecular flexibility index (Phi) is 4.21. The smallest absolute Gasteiger partial charge is 0.361 e. The highest BCUT2D eigenvalue weighted by atomic mass is 32.2. The van der Waals surface area contributed by atoms with Crippen LogP contribution in [0.15, 0.2) is 0 Å². The molecule has 1 heterocycles. The van der Waals surface area contributed by atoms with Gasteiger partial charge >= 0.3 is 12.1 Å². The summed E-state index contributed by atoms with van der Waals surface area (Å²) in [5, 5.41) is 8.90. The zero-order chi connectivity index (χ0) is 15.9. The van der Waals surface area contributed by atoms with Crippen LogP contribution in [0.4, 0.5) is 13.2 Å². The molecule has 1 aliphatic carbocycles. The zero-order valence-corrected chi connectivity index (χ0v) is 11.8. The van der Waals surface area contributed by atoms with Gasteiger partial charge in [0, 0.05) is 13.1 Å². The summed E-state index contributed by atoms with van der Waals surface area (Å²) in [6.07, 6.45) is -3.50. The van der Waals surface area contributed by atoms with Gasteiger partial charge in [-0.25, -0.2) is 18.4 Å². The number of rotatable bonds is 6. The molecule has 11 heteroatoms. The van der Waals surface area contributed by atoms with Gasteiger partial charge in [0.1, 0.15) is 4.87 Å². The van der Waals surface area contributed by atoms with Crippen LogP contribution in [0.25, 0.3) is 0 Å². The molecule has 2 fully saturated rings. The first-order chi connectivity index (χ1) is 9.53. The van der Waals surface area contributed by atoms with E-state index in [2.05, 4.69) is 10.2 Å². The lowest BCUT2D eigenvalue weighted by Crippen LogP contribution is -2.51. The number of halogens is 3. The molecule has 7 nitrogen and oxygen atoms in total. The van der Waals surface area contributed by atoms with E-state index < -0.39 is 27.0 Å². The van der Waals surface area contributed by atoms with Gasteiger partial charge in [-0.15, -0.1) is 5.06 Å². The van der Waals surface area contributed by atoms with Gasteiger partial charge in [0.15, 0.2) is 0 Å². The fourth-order valence-electron chi connectivity index (χ4n) is 2.13. The quantitative estimate of drug-likeness (QED) is 0.693. The number of hydrogen-bond donors (Lipinski definition) is 2. The van der Waals surface area contributed by atoms with Crippen LogP contribution in [-0.2, 0) is 19.7 Å². The molecule has 0 spiro atoms. The Hall–Kier alpha value is -0.910. The Morgan fingerprint density at radius 2 is 1.95 bits per heavy atom. The number of primary sulfonamides is 1. The lowest BCUT2D eigenvalue weighted by atomic mass is 9.99. The summed E-state index contributed by atoms with van der Waals surface area (Å²) in [5.74, 6) is -2.18. The number of carbonyl (C=O) groups is 1. The van der Waals surface area contributed by atoms with Crippen LogP contribution in [0.5, 0.6) is 0 Å². The molecule has 0 atom stereocenters. The maximum atomic E-state index is 11.9. The van der Waals surface area contributed by atoms with Gasteiger partial charge in [-0.1, -0.05) is 0 Å². The fourth-order valence-corrected chi connectivity index (χ4v) is 3.10. The van der Waals surface area contributed by atoms with E-state index in [1.807, 2.05) is 0 Å². The van der Waals surface area contributed by atoms with Crippen LogP contribution >= 0.6 is 0 Å². The van der Waals surface area contributed by atoms with Crippen molar-refractivity contribution in [3.8, 4) is 0 Å². The van der Waals surface area contributed by atoms with Crippen molar-refractivity contribution in [2.45, 2.75) is 30.3 Å². The second-order valence-electron chi connectivity index (χ2n) is 5.34. The van der Waals surface area contributed by atoms with Crippen molar-refractivity contribution < 1.29 is 31.2 Å². The molecule has 0 aromatic heterocycles. The van der Waals surface area contributed by atoms with Crippen LogP contribution in [0.2, 0.25) is 0 Å². The predicted octanol–water partition coefficient (Wildman–Crippen LogP) is -0.303. The summed E-state index contributed by atoms with van der Waals surface area (Å²) in [4.78, 5) is 13.7. The van der Waals surface area contributed by atoms with Gasteiger partial charge in [-0.3, -0.25) is 5.32 Å². The molecule has 2 rings (SSSR count). The first-order valence-corrected chi connectivity index (χ1v) is 7.90. The molecular formula is C10H16F3N3O4S. The summed E-state index contributed by atoms with van der Waals surface area (Å²) in [6.45, 7) is 0.792. The topological polar surface area (TPSA) is 102 Å². The average molecular weight is 331 g/mol. The molecule has 1 aliphatic heterocycles. The van der Waals surface area contributed by atoms with Crippen LogP contribution in [-0.4, -0.2) is 50.1 Å². The van der Waals surface area contributed by atoms with E-state index in [0.717, 1.165) is 5.06 Å². The molecule has 3 N–H and O–H groups in total. The molecule has 1 saturated carbocycles. The molecule has 0 unspecified atom stereocenters. The SMILES string of the molecule is NS(=O)(=O)C1(NCCC2CN(OC(=O)C(F)(F)F)C2)CC1. The number of carbonyl (C=O) groups excluding carboxylic acids is 1. The van der Waals surface area contributed by atoms with Gasteiger partial charge in [0.25, 0.3) is 0 Å². The fraction of sp³-hybridized carbons (Fsp3) is 0.900. The van der Waals surface area contributed by atoms with Crippen molar-refractivity contribution in [2.24, 2.45) is 11.1 Å². The first-order valence-electron chi connectivity index (χ1n) is 6.35. The van der Waals surface area contributed by atoms with Gasteiger partial charge in [-0.05, 0) is 31.7 Å². The summed E-state index contributed by atoms with van der Waals surface area (Å²) < 4.78 is 58.4. The van der Waals surface area contributed by atoms with Gasteiger partial charge in [0.2, 0.25) is 10.0 Å². The van der Waals surface area contributed by atoms with Crippen LogP contribution in [0.1, 0.15) is 19.3 Å². The molecule has 0 radical (unpaired) electrons. The Bertz CT molecular complexity index is 512. The number of nitrogens with two attached hydrogens (primary N) is 1. The summed E-state index contributed by atoms with van der Waals surface area (Å²) >= 11 is 0. The number of nitrogens with one attached hydrogen (secondary N) is 1. The van der Waals surface area contributed by atoms with Crippen molar-refractivity contribution in [1.29, 1.82) is 0 Å². The van der Waals surface area contributed by atoms with Gasteiger partial charge in [-0.2, -0.15) is 13.2 Å². The Labute approximate surface area is 119 Å². The zero-order valence-electron chi connectivity index (χ0n) is 11.0. The van der Waals surface area contributed by atoms with E-state index in [1.165, 1.54) is 0 Å². The maximum Gasteiger partial charge on any atom is 0.492 e. The Morgan fingerprint density at radius 3 is 2.38 bits per heavy atom. The lowest BCUT2D eigenvalue weighted by Gasteiger charge is -2.37. The van der Waals surface area contributed by atoms with Crippen molar-refractivity contribution in [1.82, 2.24) is 10.4 Å². The van der Waals surface area contributed by atoms with Crippen molar-refractivity contribution in [3.63, 3.8) is 0 Å². The summed E-state index contributed by atoms with van der Waals surface area (Å²) in [5.41, 5.74) is 0. The van der Waals surface area contributed by atoms with Crippen molar-refractivity contribution >= 4 is 16.0 Å². The molecule has 21 heavy (non-hydrogen) atoms. The largest absolute Gasteiger partial charge is 0.492 e. The summed E-state index contributed by atoms with van der Waals surface area (Å²) in [6, 6.07) is 0. The number of alkyl halides is 3. The highest BCUT2D eigenvalue weighted by Gasteiger charge is 2.52. The number of hydroxylamine groups is 2. The molecule has 0 bridgehead atoms. The third-order valence-electron chi connectivity index (χ3n) is 3.62. The van der Waals surface area contributed by atoms with E-state index in [4.69, 9.17) is 5.14 Å². The van der Waals surface area contributed by atoms with Gasteiger partial charge < -0.3 is 4.84 Å². The molecule has 0 aromatic rings. The van der Waals surface area contributed by atoms with E-state index in [0.29, 0.717) is 25.8 Å². The molecule has 1 saturated heterocycles. The van der Waals surface area contributed by atoms with Crippen LogP contribution < -0.4 is 10.5 Å². The van der Waals surface area contributed by atoms with E-state index >= 15 is 0 Å². The molecule has 0 aromatic carbocycles. The monoisotopic (exact) mass is 331 g/mol. The lowest BCUT2D eigenvalue weighted by molar-refractivity contribution is -0.258. The minimum absolute atomic E-state index is 0.0508. The van der Waals surface area contributed by atoms with E-state index in [9.17, 15) is 26.4 Å². The van der Waals surface area contributed by atoms with Crippen LogP contribution in [0.3, 0.4) is 0 Å². The standard InChI is InChI=1S/C10H16F3N3O4S/c11-10(12,13)8(17)20-16-5-7(6-16)1-4-15-9(2-3-9)21(14,18)19/h7,15H,1-6H2,(H2,14,18,19). The second kappa shape index (κ2) is 5.38. The normalized spacial score (nSPS) is 22.7. The summed E-state index contributed by atoms with van der Waals surface area (Å²) in [7, 11) is -3.64. The Balaban J connectivity index is 1.63. The first kappa shape index (κ1) is 16.5. The minimum atomic E-state index is -5.00. The van der Waals surface area contributed by atoms with Crippen molar-refractivity contribution in [3.05, 3.63) is 0 Å². The second-order valence-corrected chi connectivity index (χ2v) is 7.22. The molecular weight excluding hydrogens is 315 g/mol. The number of nitrogens with zero attached hydrogens (tertiary/aromatic N) is 1. The molecule has 2 aliphatic rings.